The molecule has 1 saturated heterocycles. The predicted molar refractivity (Wildman–Crippen MR) is 65.4 cm³/mol. The Balaban J connectivity index is 2.12. The quantitative estimate of drug-likeness (QED) is 0.835. The predicted octanol–water partition coefficient (Wildman–Crippen LogP) is 3.58. The van der Waals surface area contributed by atoms with Crippen molar-refractivity contribution in [1.29, 1.82) is 0 Å². The van der Waals surface area contributed by atoms with E-state index < -0.39 is 0 Å². The Morgan fingerprint density at radius 2 is 2.06 bits per heavy atom. The van der Waals surface area contributed by atoms with Gasteiger partial charge in [0.1, 0.15) is 5.82 Å². The van der Waals surface area contributed by atoms with Gasteiger partial charge in [0.25, 0.3) is 0 Å². The van der Waals surface area contributed by atoms with E-state index >= 15 is 0 Å². The molecule has 1 aromatic carbocycles. The van der Waals surface area contributed by atoms with Crippen molar-refractivity contribution < 1.29 is 4.39 Å². The first-order chi connectivity index (χ1) is 7.68. The van der Waals surface area contributed by atoms with E-state index in [4.69, 9.17) is 11.6 Å². The summed E-state index contributed by atoms with van der Waals surface area (Å²) in [6, 6.07) is 5.18. The van der Waals surface area contributed by atoms with Crippen molar-refractivity contribution in [3.05, 3.63) is 34.6 Å². The maximum absolute atomic E-state index is 13.4. The van der Waals surface area contributed by atoms with E-state index in [-0.39, 0.29) is 10.8 Å². The molecule has 0 aliphatic carbocycles. The van der Waals surface area contributed by atoms with Crippen molar-refractivity contribution in [2.75, 3.05) is 13.1 Å². The molecule has 1 heterocycles. The average molecular weight is 242 g/mol. The second-order valence-corrected chi connectivity index (χ2v) is 4.96. The molecule has 0 spiro atoms. The van der Waals surface area contributed by atoms with Crippen LogP contribution in [0, 0.1) is 11.7 Å². The number of nitrogens with one attached hydrogen (secondary N) is 1. The first-order valence-corrected chi connectivity index (χ1v) is 6.22. The second kappa shape index (κ2) is 5.15. The summed E-state index contributed by atoms with van der Waals surface area (Å²) in [5.74, 6) is 0.760. The number of hydrogen-bond acceptors (Lipinski definition) is 1. The molecule has 1 unspecified atom stereocenters. The monoisotopic (exact) mass is 241 g/mol. The summed E-state index contributed by atoms with van der Waals surface area (Å²) < 4.78 is 13.4. The molecular weight excluding hydrogens is 225 g/mol. The Hall–Kier alpha value is -0.600. The zero-order chi connectivity index (χ0) is 11.5. The van der Waals surface area contributed by atoms with Crippen LogP contribution < -0.4 is 5.32 Å². The fourth-order valence-electron chi connectivity index (χ4n) is 2.41. The van der Waals surface area contributed by atoms with Crippen molar-refractivity contribution in [1.82, 2.24) is 5.32 Å². The summed E-state index contributed by atoms with van der Waals surface area (Å²) in [6.07, 6.45) is 2.34. The molecule has 88 valence electrons. The average Bonchev–Trinajstić information content (AvgIpc) is 2.33. The van der Waals surface area contributed by atoms with Gasteiger partial charge in [0.2, 0.25) is 0 Å². The Morgan fingerprint density at radius 3 is 2.69 bits per heavy atom. The molecule has 0 radical (unpaired) electrons. The Kier molecular flexibility index (Phi) is 3.82. The number of hydrogen-bond donors (Lipinski definition) is 1. The summed E-state index contributed by atoms with van der Waals surface area (Å²) in [6.45, 7) is 4.33. The van der Waals surface area contributed by atoms with Gasteiger partial charge in [-0.2, -0.15) is 0 Å². The normalized spacial score (nSPS) is 19.7. The van der Waals surface area contributed by atoms with Gasteiger partial charge in [-0.05, 0) is 55.5 Å². The fraction of sp³-hybridized carbons (Fsp3) is 0.538. The van der Waals surface area contributed by atoms with Crippen LogP contribution in [0.2, 0.25) is 5.02 Å². The molecule has 1 atom stereocenters. The van der Waals surface area contributed by atoms with E-state index in [1.54, 1.807) is 12.1 Å². The molecule has 0 bridgehead atoms. The third kappa shape index (κ3) is 2.55. The summed E-state index contributed by atoms with van der Waals surface area (Å²) in [5.41, 5.74) is 1.06. The molecule has 1 N–H and O–H groups in total. The van der Waals surface area contributed by atoms with E-state index in [1.807, 2.05) is 6.07 Å². The van der Waals surface area contributed by atoms with Gasteiger partial charge in [-0.1, -0.05) is 24.6 Å². The van der Waals surface area contributed by atoms with Gasteiger partial charge in [0.15, 0.2) is 0 Å². The highest BCUT2D eigenvalue weighted by Crippen LogP contribution is 2.31. The van der Waals surface area contributed by atoms with Gasteiger partial charge in [-0.25, -0.2) is 4.39 Å². The molecule has 1 aromatic rings. The van der Waals surface area contributed by atoms with Crippen molar-refractivity contribution >= 4 is 11.6 Å². The van der Waals surface area contributed by atoms with Crippen LogP contribution in [0.25, 0.3) is 0 Å². The molecule has 2 rings (SSSR count). The number of piperidine rings is 1. The fourth-order valence-corrected chi connectivity index (χ4v) is 2.53. The molecule has 16 heavy (non-hydrogen) atoms. The highest BCUT2D eigenvalue weighted by atomic mass is 35.5. The molecule has 3 heteroatoms. The van der Waals surface area contributed by atoms with E-state index in [0.717, 1.165) is 18.7 Å². The minimum absolute atomic E-state index is 0.210. The van der Waals surface area contributed by atoms with Crippen LogP contribution in [0.1, 0.15) is 31.2 Å². The lowest BCUT2D eigenvalue weighted by Crippen LogP contribution is -2.30. The van der Waals surface area contributed by atoms with Crippen molar-refractivity contribution in [2.24, 2.45) is 5.92 Å². The Morgan fingerprint density at radius 1 is 1.38 bits per heavy atom. The first-order valence-electron chi connectivity index (χ1n) is 5.84. The second-order valence-electron chi connectivity index (χ2n) is 4.55. The largest absolute Gasteiger partial charge is 0.317 e. The van der Waals surface area contributed by atoms with Crippen LogP contribution in [0.15, 0.2) is 18.2 Å². The summed E-state index contributed by atoms with van der Waals surface area (Å²) in [7, 11) is 0. The third-order valence-corrected chi connectivity index (χ3v) is 3.87. The topological polar surface area (TPSA) is 12.0 Å². The van der Waals surface area contributed by atoms with Crippen LogP contribution in [-0.4, -0.2) is 13.1 Å². The van der Waals surface area contributed by atoms with E-state index in [2.05, 4.69) is 12.2 Å². The number of benzene rings is 1. The zero-order valence-corrected chi connectivity index (χ0v) is 10.2. The van der Waals surface area contributed by atoms with Crippen molar-refractivity contribution in [3.63, 3.8) is 0 Å². The van der Waals surface area contributed by atoms with Gasteiger partial charge in [0.05, 0.1) is 5.02 Å². The SMILES string of the molecule is CC(c1ccc(Cl)c(F)c1)C1CCNCC1. The zero-order valence-electron chi connectivity index (χ0n) is 9.47. The highest BCUT2D eigenvalue weighted by molar-refractivity contribution is 6.30. The molecule has 0 saturated carbocycles. The number of halogens is 2. The number of rotatable bonds is 2. The van der Waals surface area contributed by atoms with E-state index in [0.29, 0.717) is 11.8 Å². The highest BCUT2D eigenvalue weighted by Gasteiger charge is 2.21. The van der Waals surface area contributed by atoms with Crippen LogP contribution in [0.3, 0.4) is 0 Å². The molecule has 0 aromatic heterocycles. The smallest absolute Gasteiger partial charge is 0.142 e. The first kappa shape index (κ1) is 11.9. The van der Waals surface area contributed by atoms with E-state index in [1.165, 1.54) is 12.8 Å². The summed E-state index contributed by atoms with van der Waals surface area (Å²) in [4.78, 5) is 0. The Bertz CT molecular complexity index is 361. The molecule has 1 nitrogen and oxygen atoms in total. The van der Waals surface area contributed by atoms with Crippen molar-refractivity contribution in [3.8, 4) is 0 Å². The van der Waals surface area contributed by atoms with Crippen LogP contribution >= 0.6 is 11.6 Å². The molecule has 1 aliphatic heterocycles. The lowest BCUT2D eigenvalue weighted by atomic mass is 9.82. The molecule has 1 fully saturated rings. The summed E-state index contributed by atoms with van der Waals surface area (Å²) in [5, 5.41) is 3.56. The van der Waals surface area contributed by atoms with Gasteiger partial charge in [0, 0.05) is 0 Å². The lowest BCUT2D eigenvalue weighted by Gasteiger charge is -2.28. The Labute approximate surface area is 101 Å². The molecular formula is C13H17ClFN. The van der Waals surface area contributed by atoms with Crippen molar-refractivity contribution in [2.45, 2.75) is 25.7 Å². The van der Waals surface area contributed by atoms with Crippen LogP contribution in [-0.2, 0) is 0 Å². The minimum atomic E-state index is -0.306. The summed E-state index contributed by atoms with van der Waals surface area (Å²) >= 11 is 5.69. The minimum Gasteiger partial charge on any atom is -0.317 e. The van der Waals surface area contributed by atoms with Crippen LogP contribution in [0.4, 0.5) is 4.39 Å². The third-order valence-electron chi connectivity index (χ3n) is 3.56. The van der Waals surface area contributed by atoms with Gasteiger partial charge >= 0.3 is 0 Å². The van der Waals surface area contributed by atoms with Crippen LogP contribution in [0.5, 0.6) is 0 Å². The van der Waals surface area contributed by atoms with E-state index in [9.17, 15) is 4.39 Å². The maximum atomic E-state index is 13.4. The van der Waals surface area contributed by atoms with Gasteiger partial charge < -0.3 is 5.32 Å². The lowest BCUT2D eigenvalue weighted by molar-refractivity contribution is 0.330. The van der Waals surface area contributed by atoms with Gasteiger partial charge in [-0.15, -0.1) is 0 Å². The molecule has 1 aliphatic rings. The maximum Gasteiger partial charge on any atom is 0.142 e. The molecule has 0 amide bonds. The standard InChI is InChI=1S/C13H17ClFN/c1-9(10-4-6-16-7-5-10)11-2-3-12(14)13(15)8-11/h2-3,8-10,16H,4-7H2,1H3. The van der Waals surface area contributed by atoms with Gasteiger partial charge in [-0.3, -0.25) is 0 Å².